The molecule has 0 fully saturated rings. The quantitative estimate of drug-likeness (QED) is 0.879. The molecule has 0 aliphatic carbocycles. The number of thioether (sulfide) groups is 1. The summed E-state index contributed by atoms with van der Waals surface area (Å²) in [6, 6.07) is 5.44. The van der Waals surface area contributed by atoms with Gasteiger partial charge in [-0.25, -0.2) is 0 Å². The zero-order valence-corrected chi connectivity index (χ0v) is 10.4. The maximum atomic E-state index is 11.5. The van der Waals surface area contributed by atoms with E-state index in [0.29, 0.717) is 11.4 Å². The minimum atomic E-state index is 0.0507. The summed E-state index contributed by atoms with van der Waals surface area (Å²) >= 11 is 7.49. The third-order valence-electron chi connectivity index (χ3n) is 2.00. The van der Waals surface area contributed by atoms with Gasteiger partial charge in [0.25, 0.3) is 0 Å². The van der Waals surface area contributed by atoms with E-state index in [0.717, 1.165) is 17.0 Å². The van der Waals surface area contributed by atoms with E-state index in [9.17, 15) is 4.79 Å². The number of carbonyl (C=O) groups excluding carboxylic acids is 1. The normalized spacial score (nSPS) is 10.1. The van der Waals surface area contributed by atoms with Crippen molar-refractivity contribution in [1.29, 1.82) is 0 Å². The molecular formula is C11H14ClNOS. The van der Waals surface area contributed by atoms with Crippen LogP contribution in [0.4, 0.5) is 5.69 Å². The molecule has 1 amide bonds. The van der Waals surface area contributed by atoms with Crippen molar-refractivity contribution in [3.63, 3.8) is 0 Å². The average Bonchev–Trinajstić information content (AvgIpc) is 2.19. The minimum absolute atomic E-state index is 0.0507. The van der Waals surface area contributed by atoms with Crippen molar-refractivity contribution in [2.45, 2.75) is 13.3 Å². The van der Waals surface area contributed by atoms with Crippen LogP contribution in [0.2, 0.25) is 5.02 Å². The van der Waals surface area contributed by atoms with Crippen molar-refractivity contribution in [3.05, 3.63) is 28.8 Å². The number of hydrogen-bond donors (Lipinski definition) is 1. The van der Waals surface area contributed by atoms with Crippen molar-refractivity contribution >= 4 is 35.0 Å². The molecule has 0 aliphatic heterocycles. The highest BCUT2D eigenvalue weighted by molar-refractivity contribution is 7.98. The summed E-state index contributed by atoms with van der Waals surface area (Å²) in [6.45, 7) is 1.93. The van der Waals surface area contributed by atoms with E-state index in [2.05, 4.69) is 5.32 Å². The average molecular weight is 244 g/mol. The van der Waals surface area contributed by atoms with Gasteiger partial charge in [-0.05, 0) is 36.9 Å². The smallest absolute Gasteiger partial charge is 0.225 e. The summed E-state index contributed by atoms with van der Waals surface area (Å²) in [6.07, 6.45) is 2.53. The number of aryl methyl sites for hydroxylation is 1. The second-order valence-corrected chi connectivity index (χ2v) is 4.67. The van der Waals surface area contributed by atoms with Crippen LogP contribution < -0.4 is 5.32 Å². The van der Waals surface area contributed by atoms with Gasteiger partial charge in [0.1, 0.15) is 0 Å². The summed E-state index contributed by atoms with van der Waals surface area (Å²) in [5.41, 5.74) is 1.82. The fourth-order valence-electron chi connectivity index (χ4n) is 1.17. The molecule has 0 saturated heterocycles. The Bertz CT molecular complexity index is 354. The second kappa shape index (κ2) is 6.03. The fraction of sp³-hybridized carbons (Fsp3) is 0.364. The Balaban J connectivity index is 2.60. The second-order valence-electron chi connectivity index (χ2n) is 3.25. The molecule has 0 heterocycles. The fourth-order valence-corrected chi connectivity index (χ4v) is 1.79. The molecular weight excluding hydrogens is 230 g/mol. The van der Waals surface area contributed by atoms with Crippen LogP contribution in [0.1, 0.15) is 12.0 Å². The predicted molar refractivity (Wildman–Crippen MR) is 67.8 cm³/mol. The Morgan fingerprint density at radius 3 is 2.87 bits per heavy atom. The van der Waals surface area contributed by atoms with Gasteiger partial charge in [-0.3, -0.25) is 4.79 Å². The maximum Gasteiger partial charge on any atom is 0.225 e. The van der Waals surface area contributed by atoms with Crippen LogP contribution in [0.5, 0.6) is 0 Å². The van der Waals surface area contributed by atoms with Gasteiger partial charge < -0.3 is 5.32 Å². The highest BCUT2D eigenvalue weighted by Crippen LogP contribution is 2.19. The minimum Gasteiger partial charge on any atom is -0.326 e. The summed E-state index contributed by atoms with van der Waals surface area (Å²) in [7, 11) is 0. The van der Waals surface area contributed by atoms with E-state index in [-0.39, 0.29) is 5.91 Å². The summed E-state index contributed by atoms with van der Waals surface area (Å²) in [5, 5.41) is 3.55. The Morgan fingerprint density at radius 1 is 1.53 bits per heavy atom. The van der Waals surface area contributed by atoms with Gasteiger partial charge in [0.2, 0.25) is 5.91 Å². The van der Waals surface area contributed by atoms with Crippen molar-refractivity contribution < 1.29 is 4.79 Å². The molecule has 15 heavy (non-hydrogen) atoms. The number of halogens is 1. The molecule has 0 atom stereocenters. The van der Waals surface area contributed by atoms with Gasteiger partial charge in [-0.2, -0.15) is 11.8 Å². The molecule has 0 bridgehead atoms. The van der Waals surface area contributed by atoms with Crippen LogP contribution in [0.15, 0.2) is 18.2 Å². The Kier molecular flexibility index (Phi) is 4.99. The number of benzene rings is 1. The van der Waals surface area contributed by atoms with Crippen LogP contribution in [-0.2, 0) is 4.79 Å². The van der Waals surface area contributed by atoms with E-state index >= 15 is 0 Å². The number of amides is 1. The van der Waals surface area contributed by atoms with Gasteiger partial charge in [0, 0.05) is 22.9 Å². The van der Waals surface area contributed by atoms with Crippen LogP contribution in [0, 0.1) is 6.92 Å². The molecule has 0 aromatic heterocycles. The third-order valence-corrected chi connectivity index (χ3v) is 2.84. The van der Waals surface area contributed by atoms with Gasteiger partial charge >= 0.3 is 0 Å². The number of carbonyl (C=O) groups is 1. The lowest BCUT2D eigenvalue weighted by atomic mass is 10.2. The monoisotopic (exact) mass is 243 g/mol. The maximum absolute atomic E-state index is 11.5. The van der Waals surface area contributed by atoms with Crippen LogP contribution in [0.3, 0.4) is 0 Å². The van der Waals surface area contributed by atoms with Crippen molar-refractivity contribution in [2.75, 3.05) is 17.3 Å². The van der Waals surface area contributed by atoms with E-state index < -0.39 is 0 Å². The van der Waals surface area contributed by atoms with Crippen LogP contribution in [-0.4, -0.2) is 17.9 Å². The van der Waals surface area contributed by atoms with E-state index in [1.807, 2.05) is 25.3 Å². The highest BCUT2D eigenvalue weighted by atomic mass is 35.5. The first-order valence-corrected chi connectivity index (χ1v) is 6.45. The standard InChI is InChI=1S/C11H14ClNOS/c1-8-7-9(12)3-4-10(8)13-11(14)5-6-15-2/h3-4,7H,5-6H2,1-2H3,(H,13,14). The van der Waals surface area contributed by atoms with E-state index in [1.165, 1.54) is 0 Å². The largest absolute Gasteiger partial charge is 0.326 e. The lowest BCUT2D eigenvalue weighted by Gasteiger charge is -2.08. The molecule has 1 aromatic rings. The van der Waals surface area contributed by atoms with Crippen LogP contribution in [0.25, 0.3) is 0 Å². The molecule has 1 N–H and O–H groups in total. The molecule has 0 radical (unpaired) electrons. The molecule has 82 valence electrons. The lowest BCUT2D eigenvalue weighted by Crippen LogP contribution is -2.12. The summed E-state index contributed by atoms with van der Waals surface area (Å²) in [4.78, 5) is 11.5. The Labute approximate surface area is 99.4 Å². The summed E-state index contributed by atoms with van der Waals surface area (Å²) < 4.78 is 0. The number of anilines is 1. The zero-order valence-electron chi connectivity index (χ0n) is 8.84. The van der Waals surface area contributed by atoms with Crippen LogP contribution >= 0.6 is 23.4 Å². The van der Waals surface area contributed by atoms with Gasteiger partial charge in [0.05, 0.1) is 0 Å². The first kappa shape index (κ1) is 12.4. The topological polar surface area (TPSA) is 29.1 Å². The molecule has 2 nitrogen and oxygen atoms in total. The molecule has 0 aliphatic rings. The highest BCUT2D eigenvalue weighted by Gasteiger charge is 2.04. The molecule has 0 saturated carbocycles. The van der Waals surface area contributed by atoms with Crippen molar-refractivity contribution in [2.24, 2.45) is 0 Å². The van der Waals surface area contributed by atoms with Crippen molar-refractivity contribution in [1.82, 2.24) is 0 Å². The zero-order chi connectivity index (χ0) is 11.3. The number of nitrogens with one attached hydrogen (secondary N) is 1. The molecule has 4 heteroatoms. The van der Waals surface area contributed by atoms with Gasteiger partial charge in [-0.1, -0.05) is 11.6 Å². The number of hydrogen-bond acceptors (Lipinski definition) is 2. The number of rotatable bonds is 4. The lowest BCUT2D eigenvalue weighted by molar-refractivity contribution is -0.115. The predicted octanol–water partition coefficient (Wildman–Crippen LogP) is 3.34. The summed E-state index contributed by atoms with van der Waals surface area (Å²) in [5.74, 6) is 0.896. The third kappa shape index (κ3) is 4.14. The molecule has 1 aromatic carbocycles. The Morgan fingerprint density at radius 2 is 2.27 bits per heavy atom. The first-order valence-electron chi connectivity index (χ1n) is 4.68. The molecule has 0 unspecified atom stereocenters. The van der Waals surface area contributed by atoms with Gasteiger partial charge in [-0.15, -0.1) is 0 Å². The first-order chi connectivity index (χ1) is 7.13. The SMILES string of the molecule is CSCCC(=O)Nc1ccc(Cl)cc1C. The van der Waals surface area contributed by atoms with Crippen molar-refractivity contribution in [3.8, 4) is 0 Å². The van der Waals surface area contributed by atoms with Gasteiger partial charge in [0.15, 0.2) is 0 Å². The Hall–Kier alpha value is -0.670. The van der Waals surface area contributed by atoms with E-state index in [4.69, 9.17) is 11.6 Å². The van der Waals surface area contributed by atoms with E-state index in [1.54, 1.807) is 17.8 Å². The molecule has 0 spiro atoms. The molecule has 1 rings (SSSR count).